The molecule has 288 valence electrons. The predicted molar refractivity (Wildman–Crippen MR) is 219 cm³/mol. The Hall–Kier alpha value is -5.34. The summed E-state index contributed by atoms with van der Waals surface area (Å²) in [7, 11) is -6.60. The molecule has 0 radical (unpaired) electrons. The van der Waals surface area contributed by atoms with Gasteiger partial charge in [-0.25, -0.2) is 26.2 Å². The molecule has 12 nitrogen and oxygen atoms in total. The minimum atomic E-state index is -3.34. The third-order valence-electron chi connectivity index (χ3n) is 9.05. The van der Waals surface area contributed by atoms with Crippen LogP contribution in [-0.2, 0) is 32.9 Å². The molecule has 0 bridgehead atoms. The molecule has 2 aromatic carbocycles. The summed E-state index contributed by atoms with van der Waals surface area (Å²) in [4.78, 5) is 8.76. The first-order chi connectivity index (χ1) is 26.4. The number of nitrogens with one attached hydrogen (secondary N) is 2. The Morgan fingerprint density at radius 1 is 0.655 bits per heavy atom. The molecule has 14 heteroatoms. The summed E-state index contributed by atoms with van der Waals surface area (Å²) in [6, 6.07) is 22.7. The highest BCUT2D eigenvalue weighted by Crippen LogP contribution is 2.31. The topological polar surface area (TPSA) is 154 Å². The van der Waals surface area contributed by atoms with Gasteiger partial charge in [0, 0.05) is 58.7 Å². The van der Waals surface area contributed by atoms with Gasteiger partial charge in [0.05, 0.1) is 34.8 Å². The first-order valence-corrected chi connectivity index (χ1v) is 21.8. The fourth-order valence-corrected chi connectivity index (χ4v) is 8.02. The second-order valence-corrected chi connectivity index (χ2v) is 18.0. The molecule has 55 heavy (non-hydrogen) atoms. The monoisotopic (exact) mass is 780 g/mol. The molecule has 1 aliphatic rings. The number of hydrogen-bond donors (Lipinski definition) is 2. The molecule has 7 rings (SSSR count). The Balaban J connectivity index is 0.000000187. The minimum Gasteiger partial charge on any atom is -0.284 e. The molecular weight excluding hydrogens is 733 g/mol. The van der Waals surface area contributed by atoms with E-state index in [-0.39, 0.29) is 5.75 Å². The van der Waals surface area contributed by atoms with Crippen molar-refractivity contribution in [3.63, 3.8) is 0 Å². The summed E-state index contributed by atoms with van der Waals surface area (Å²) >= 11 is 0. The summed E-state index contributed by atoms with van der Waals surface area (Å²) < 4.78 is 57.1. The zero-order valence-corrected chi connectivity index (χ0v) is 33.3. The molecule has 0 amide bonds. The Labute approximate surface area is 324 Å². The third-order valence-corrected chi connectivity index (χ3v) is 12.3. The second kappa shape index (κ2) is 17.4. The zero-order valence-electron chi connectivity index (χ0n) is 31.6. The maximum absolute atomic E-state index is 12.1. The van der Waals surface area contributed by atoms with Gasteiger partial charge in [-0.3, -0.25) is 19.4 Å². The SMILES string of the molecule is CCCc1cc(-n2cc(-c3ccc(NS(=O)(=O)C(C)C)cc3)cn2)ccn1.CCCc1cc(-n2cc(-c3ccc(NS(=O)(=O)CC4CC4)cc3)cn2)ccn1. The number of hydrogen-bond acceptors (Lipinski definition) is 8. The first-order valence-electron chi connectivity index (χ1n) is 18.6. The van der Waals surface area contributed by atoms with E-state index >= 15 is 0 Å². The molecule has 2 N–H and O–H groups in total. The van der Waals surface area contributed by atoms with Crippen molar-refractivity contribution in [1.82, 2.24) is 29.5 Å². The number of aryl methyl sites for hydroxylation is 2. The Morgan fingerprint density at radius 3 is 1.53 bits per heavy atom. The molecule has 0 unspecified atom stereocenters. The number of aromatic nitrogens is 6. The van der Waals surface area contributed by atoms with Gasteiger partial charge in [-0.05, 0) is 105 Å². The predicted octanol–water partition coefficient (Wildman–Crippen LogP) is 8.08. The maximum Gasteiger partial charge on any atom is 0.235 e. The van der Waals surface area contributed by atoms with Gasteiger partial charge in [0.2, 0.25) is 20.0 Å². The molecule has 4 aromatic heterocycles. The van der Waals surface area contributed by atoms with Crippen LogP contribution in [0.15, 0.2) is 110 Å². The summed E-state index contributed by atoms with van der Waals surface area (Å²) in [6.07, 6.45) is 17.2. The summed E-state index contributed by atoms with van der Waals surface area (Å²) in [5.41, 5.74) is 9.09. The van der Waals surface area contributed by atoms with E-state index in [0.717, 1.165) is 83.5 Å². The standard InChI is InChI=1S/C21H24N4O2S.C20H24N4O2S/c1-2-3-20-12-21(10-11-22-20)25-14-18(13-23-25)17-6-8-19(9-7-17)24-28(26,27)15-16-4-5-16;1-4-5-19-12-20(10-11-21-19)24-14-17(13-22-24)16-6-8-18(9-7-16)23-27(25,26)15(2)3/h6-14,16,24H,2-5,15H2,1H3;6-15,23H,4-5H2,1-3H3. The molecule has 1 fully saturated rings. The van der Waals surface area contributed by atoms with Crippen molar-refractivity contribution in [2.75, 3.05) is 15.2 Å². The van der Waals surface area contributed by atoms with Crippen molar-refractivity contribution in [3.8, 4) is 33.6 Å². The van der Waals surface area contributed by atoms with Crippen molar-refractivity contribution in [2.24, 2.45) is 5.92 Å². The normalized spacial score (nSPS) is 13.0. The van der Waals surface area contributed by atoms with Gasteiger partial charge < -0.3 is 0 Å². The molecule has 4 heterocycles. The van der Waals surface area contributed by atoms with Gasteiger partial charge in [-0.15, -0.1) is 0 Å². The van der Waals surface area contributed by atoms with Crippen LogP contribution in [-0.4, -0.2) is 57.4 Å². The highest BCUT2D eigenvalue weighted by atomic mass is 32.2. The van der Waals surface area contributed by atoms with Gasteiger partial charge in [0.1, 0.15) is 0 Å². The number of rotatable bonds is 15. The lowest BCUT2D eigenvalue weighted by atomic mass is 10.1. The highest BCUT2D eigenvalue weighted by Gasteiger charge is 2.28. The highest BCUT2D eigenvalue weighted by molar-refractivity contribution is 7.93. The minimum absolute atomic E-state index is 0.216. The van der Waals surface area contributed by atoms with Crippen LogP contribution in [0, 0.1) is 5.92 Å². The van der Waals surface area contributed by atoms with E-state index < -0.39 is 25.3 Å². The third kappa shape index (κ3) is 10.9. The number of pyridine rings is 2. The van der Waals surface area contributed by atoms with E-state index in [4.69, 9.17) is 0 Å². The van der Waals surface area contributed by atoms with Crippen molar-refractivity contribution in [1.29, 1.82) is 0 Å². The molecule has 0 atom stereocenters. The van der Waals surface area contributed by atoms with Crippen molar-refractivity contribution < 1.29 is 16.8 Å². The van der Waals surface area contributed by atoms with Gasteiger partial charge in [0.25, 0.3) is 0 Å². The quantitative estimate of drug-likeness (QED) is 0.106. The smallest absolute Gasteiger partial charge is 0.235 e. The zero-order chi connectivity index (χ0) is 39.0. The molecule has 0 aliphatic heterocycles. The van der Waals surface area contributed by atoms with E-state index in [1.807, 2.05) is 76.6 Å². The first kappa shape index (κ1) is 39.4. The number of anilines is 2. The van der Waals surface area contributed by atoms with Crippen LogP contribution in [0.2, 0.25) is 0 Å². The number of nitrogens with zero attached hydrogens (tertiary/aromatic N) is 6. The van der Waals surface area contributed by atoms with Crippen LogP contribution in [0.5, 0.6) is 0 Å². The van der Waals surface area contributed by atoms with E-state index in [1.54, 1.807) is 50.5 Å². The molecule has 6 aromatic rings. The fourth-order valence-electron chi connectivity index (χ4n) is 5.79. The van der Waals surface area contributed by atoms with Crippen molar-refractivity contribution in [3.05, 3.63) is 121 Å². The van der Waals surface area contributed by atoms with E-state index in [9.17, 15) is 16.8 Å². The Morgan fingerprint density at radius 2 is 1.11 bits per heavy atom. The average molecular weight is 781 g/mol. The van der Waals surface area contributed by atoms with Crippen molar-refractivity contribution >= 4 is 31.4 Å². The van der Waals surface area contributed by atoms with Crippen LogP contribution >= 0.6 is 0 Å². The van der Waals surface area contributed by atoms with Gasteiger partial charge in [-0.1, -0.05) is 51.0 Å². The number of sulfonamides is 2. The van der Waals surface area contributed by atoms with Gasteiger partial charge in [-0.2, -0.15) is 10.2 Å². The van der Waals surface area contributed by atoms with Crippen LogP contribution < -0.4 is 9.44 Å². The van der Waals surface area contributed by atoms with Crippen LogP contribution in [0.1, 0.15) is 64.8 Å². The summed E-state index contributed by atoms with van der Waals surface area (Å²) in [5, 5.41) is 8.43. The van der Waals surface area contributed by atoms with Gasteiger partial charge in [0.15, 0.2) is 0 Å². The van der Waals surface area contributed by atoms with Crippen LogP contribution in [0.25, 0.3) is 33.6 Å². The summed E-state index contributed by atoms with van der Waals surface area (Å²) in [6.45, 7) is 7.56. The second-order valence-electron chi connectivity index (χ2n) is 14.0. The van der Waals surface area contributed by atoms with E-state index in [0.29, 0.717) is 17.3 Å². The lowest BCUT2D eigenvalue weighted by Crippen LogP contribution is -2.22. The Kier molecular flexibility index (Phi) is 12.5. The van der Waals surface area contributed by atoms with Crippen molar-refractivity contribution in [2.45, 2.75) is 71.5 Å². The lowest BCUT2D eigenvalue weighted by Gasteiger charge is -2.10. The van der Waals surface area contributed by atoms with E-state index in [1.165, 1.54) is 0 Å². The molecule has 0 spiro atoms. The van der Waals surface area contributed by atoms with Crippen LogP contribution in [0.4, 0.5) is 11.4 Å². The maximum atomic E-state index is 12.1. The van der Waals surface area contributed by atoms with E-state index in [2.05, 4.69) is 49.5 Å². The molecule has 0 saturated heterocycles. The number of benzene rings is 2. The molecular formula is C41H48N8O4S2. The van der Waals surface area contributed by atoms with Crippen LogP contribution in [0.3, 0.4) is 0 Å². The van der Waals surface area contributed by atoms with Gasteiger partial charge >= 0.3 is 0 Å². The Bertz CT molecular complexity index is 2400. The molecule has 1 aliphatic carbocycles. The fraction of sp³-hybridized carbons (Fsp3) is 0.317. The molecule has 1 saturated carbocycles. The largest absolute Gasteiger partial charge is 0.284 e. The average Bonchev–Trinajstić information content (AvgIpc) is 3.59. The lowest BCUT2D eigenvalue weighted by molar-refractivity contribution is 0.592. The summed E-state index contributed by atoms with van der Waals surface area (Å²) in [5.74, 6) is 0.543.